The van der Waals surface area contributed by atoms with Crippen LogP contribution in [0.1, 0.15) is 99.3 Å². The minimum Gasteiger partial charge on any atom is -0.241 e. The van der Waals surface area contributed by atoms with Gasteiger partial charge in [0.2, 0.25) is 0 Å². The van der Waals surface area contributed by atoms with E-state index in [1.165, 1.54) is 97.7 Å². The lowest BCUT2D eigenvalue weighted by Crippen LogP contribution is -2.30. The average Bonchev–Trinajstić information content (AvgIpc) is 3.60. The number of benzene rings is 4. The summed E-state index contributed by atoms with van der Waals surface area (Å²) < 4.78 is 6.34. The molecule has 2 aromatic heterocycles. The first-order valence-electron chi connectivity index (χ1n) is 16.5. The van der Waals surface area contributed by atoms with E-state index < -0.39 is 0 Å². The Kier molecular flexibility index (Phi) is 7.66. The molecule has 0 atom stereocenters. The number of rotatable bonds is 6. The SMILES string of the molecule is Cc1ccc2nc(C3CCCCC3)sc2c1-c1n(-c2c(C(C)C)cc(-c3ccccc3)cc2C(C)C)c2ccccc2[n+]1C. The summed E-state index contributed by atoms with van der Waals surface area (Å²) in [6, 6.07) is 29.2. The standard InChI is InChI=1S/C40H44N3S/c1-25(2)31-23-30(28-15-9-7-10-16-28)24-32(26(3)4)37(31)43-35-20-14-13-19-34(35)42(6)40(43)36-27(5)21-22-33-38(36)44-39(41-33)29-17-11-8-12-18-29/h7,9-10,13-16,19-26,29H,8,11-12,17-18H2,1-6H3/q+1. The van der Waals surface area contributed by atoms with Crippen molar-refractivity contribution in [3.8, 4) is 28.2 Å². The number of fused-ring (bicyclic) bond motifs is 2. The zero-order valence-electron chi connectivity index (χ0n) is 27.0. The second-order valence-electron chi connectivity index (χ2n) is 13.4. The third kappa shape index (κ3) is 4.88. The molecule has 224 valence electrons. The molecular weight excluding hydrogens is 555 g/mol. The molecule has 1 aliphatic rings. The van der Waals surface area contributed by atoms with Gasteiger partial charge < -0.3 is 0 Å². The van der Waals surface area contributed by atoms with Crippen LogP contribution in [0.5, 0.6) is 0 Å². The highest BCUT2D eigenvalue weighted by Crippen LogP contribution is 2.44. The third-order valence-electron chi connectivity index (χ3n) is 9.72. The van der Waals surface area contributed by atoms with E-state index in [0.717, 1.165) is 5.52 Å². The van der Waals surface area contributed by atoms with E-state index in [0.29, 0.717) is 17.8 Å². The molecule has 0 N–H and O–H groups in total. The zero-order chi connectivity index (χ0) is 30.5. The smallest absolute Gasteiger partial charge is 0.241 e. The first-order valence-corrected chi connectivity index (χ1v) is 17.3. The normalized spacial score (nSPS) is 14.5. The van der Waals surface area contributed by atoms with E-state index in [-0.39, 0.29) is 0 Å². The minimum absolute atomic E-state index is 0.351. The number of hydrogen-bond donors (Lipinski definition) is 0. The Labute approximate surface area is 266 Å². The Morgan fingerprint density at radius 3 is 2.14 bits per heavy atom. The molecule has 0 saturated heterocycles. The zero-order valence-corrected chi connectivity index (χ0v) is 27.8. The Morgan fingerprint density at radius 1 is 0.795 bits per heavy atom. The molecule has 0 bridgehead atoms. The summed E-state index contributed by atoms with van der Waals surface area (Å²) in [6.45, 7) is 11.6. The fraction of sp³-hybridized carbons (Fsp3) is 0.350. The number of aryl methyl sites for hydroxylation is 2. The van der Waals surface area contributed by atoms with Crippen LogP contribution in [0, 0.1) is 6.92 Å². The lowest BCUT2D eigenvalue weighted by atomic mass is 9.88. The van der Waals surface area contributed by atoms with Gasteiger partial charge in [-0.05, 0) is 78.6 Å². The van der Waals surface area contributed by atoms with E-state index >= 15 is 0 Å². The van der Waals surface area contributed by atoms with E-state index in [2.05, 4.69) is 130 Å². The van der Waals surface area contributed by atoms with Gasteiger partial charge in [-0.2, -0.15) is 4.57 Å². The van der Waals surface area contributed by atoms with Crippen molar-refractivity contribution in [1.29, 1.82) is 0 Å². The van der Waals surface area contributed by atoms with Crippen LogP contribution in [-0.4, -0.2) is 9.55 Å². The lowest BCUT2D eigenvalue weighted by Gasteiger charge is -2.21. The van der Waals surface area contributed by atoms with Crippen molar-refractivity contribution >= 4 is 32.6 Å². The van der Waals surface area contributed by atoms with Gasteiger partial charge in [0.25, 0.3) is 5.82 Å². The van der Waals surface area contributed by atoms with Crippen molar-refractivity contribution < 1.29 is 4.57 Å². The second-order valence-corrected chi connectivity index (χ2v) is 14.4. The van der Waals surface area contributed by atoms with Crippen LogP contribution in [-0.2, 0) is 7.05 Å². The Hall–Kier alpha value is -3.76. The summed E-state index contributed by atoms with van der Waals surface area (Å²) in [4.78, 5) is 5.29. The van der Waals surface area contributed by atoms with Crippen molar-refractivity contribution in [1.82, 2.24) is 9.55 Å². The van der Waals surface area contributed by atoms with Crippen molar-refractivity contribution in [3.05, 3.63) is 101 Å². The highest BCUT2D eigenvalue weighted by atomic mass is 32.1. The monoisotopic (exact) mass is 598 g/mol. The van der Waals surface area contributed by atoms with Crippen LogP contribution >= 0.6 is 11.3 Å². The van der Waals surface area contributed by atoms with Gasteiger partial charge in [-0.25, -0.2) is 9.55 Å². The Balaban J connectivity index is 1.57. The molecule has 44 heavy (non-hydrogen) atoms. The quantitative estimate of drug-likeness (QED) is 0.175. The third-order valence-corrected chi connectivity index (χ3v) is 11.0. The van der Waals surface area contributed by atoms with Gasteiger partial charge in [0.1, 0.15) is 5.69 Å². The summed E-state index contributed by atoms with van der Waals surface area (Å²) in [6.07, 6.45) is 6.55. The number of aromatic nitrogens is 3. The number of nitrogens with zero attached hydrogens (tertiary/aromatic N) is 3. The molecule has 1 saturated carbocycles. The van der Waals surface area contributed by atoms with E-state index in [1.807, 2.05) is 11.3 Å². The van der Waals surface area contributed by atoms with Crippen LogP contribution in [0.2, 0.25) is 0 Å². The summed E-state index contributed by atoms with van der Waals surface area (Å²) in [5.41, 5.74) is 12.9. The van der Waals surface area contributed by atoms with E-state index in [1.54, 1.807) is 0 Å². The molecular formula is C40H44N3S+. The summed E-state index contributed by atoms with van der Waals surface area (Å²) in [5, 5.41) is 1.33. The maximum Gasteiger partial charge on any atom is 0.296 e. The Morgan fingerprint density at radius 2 is 1.45 bits per heavy atom. The molecule has 0 spiro atoms. The molecule has 0 aliphatic heterocycles. The van der Waals surface area contributed by atoms with Crippen LogP contribution in [0.4, 0.5) is 0 Å². The molecule has 1 aliphatic carbocycles. The van der Waals surface area contributed by atoms with Crippen LogP contribution in [0.15, 0.2) is 78.9 Å². The van der Waals surface area contributed by atoms with Crippen molar-refractivity contribution in [2.75, 3.05) is 0 Å². The lowest BCUT2D eigenvalue weighted by molar-refractivity contribution is -0.633. The van der Waals surface area contributed by atoms with Gasteiger partial charge in [0.15, 0.2) is 11.0 Å². The van der Waals surface area contributed by atoms with Gasteiger partial charge >= 0.3 is 0 Å². The van der Waals surface area contributed by atoms with Crippen LogP contribution in [0.3, 0.4) is 0 Å². The first-order chi connectivity index (χ1) is 21.3. The van der Waals surface area contributed by atoms with E-state index in [9.17, 15) is 0 Å². The molecule has 2 heterocycles. The van der Waals surface area contributed by atoms with Gasteiger partial charge in [-0.1, -0.05) is 95.5 Å². The van der Waals surface area contributed by atoms with Crippen LogP contribution in [0.25, 0.3) is 49.5 Å². The number of imidazole rings is 1. The van der Waals surface area contributed by atoms with Crippen molar-refractivity contribution in [2.45, 2.75) is 84.5 Å². The van der Waals surface area contributed by atoms with E-state index in [4.69, 9.17) is 4.98 Å². The predicted molar refractivity (Wildman–Crippen MR) is 187 cm³/mol. The molecule has 7 rings (SSSR count). The molecule has 0 radical (unpaired) electrons. The second kappa shape index (κ2) is 11.6. The average molecular weight is 599 g/mol. The number of thiazole rings is 1. The van der Waals surface area contributed by atoms with Crippen molar-refractivity contribution in [3.63, 3.8) is 0 Å². The molecule has 4 aromatic carbocycles. The van der Waals surface area contributed by atoms with Gasteiger partial charge in [0.05, 0.1) is 27.8 Å². The van der Waals surface area contributed by atoms with Crippen LogP contribution < -0.4 is 4.57 Å². The number of para-hydroxylation sites is 2. The first kappa shape index (κ1) is 29.0. The Bertz CT molecular complexity index is 1940. The predicted octanol–water partition coefficient (Wildman–Crippen LogP) is 11.0. The highest BCUT2D eigenvalue weighted by Gasteiger charge is 2.34. The van der Waals surface area contributed by atoms with Crippen molar-refractivity contribution in [2.24, 2.45) is 7.05 Å². The summed E-state index contributed by atoms with van der Waals surface area (Å²) in [5.74, 6) is 2.54. The molecule has 4 heteroatoms. The number of hydrogen-bond acceptors (Lipinski definition) is 2. The minimum atomic E-state index is 0.351. The maximum absolute atomic E-state index is 5.29. The molecule has 1 fully saturated rings. The fourth-order valence-corrected chi connectivity index (χ4v) is 8.67. The maximum atomic E-state index is 5.29. The van der Waals surface area contributed by atoms with Gasteiger partial charge in [-0.15, -0.1) is 11.3 Å². The molecule has 6 aromatic rings. The largest absolute Gasteiger partial charge is 0.296 e. The molecule has 0 unspecified atom stereocenters. The van der Waals surface area contributed by atoms with Gasteiger partial charge in [0, 0.05) is 17.0 Å². The molecule has 3 nitrogen and oxygen atoms in total. The molecule has 0 amide bonds. The summed E-state index contributed by atoms with van der Waals surface area (Å²) in [7, 11) is 2.25. The topological polar surface area (TPSA) is 21.7 Å². The highest BCUT2D eigenvalue weighted by molar-refractivity contribution is 7.19. The summed E-state index contributed by atoms with van der Waals surface area (Å²) >= 11 is 1.94. The van der Waals surface area contributed by atoms with Gasteiger partial charge in [-0.3, -0.25) is 0 Å². The fourth-order valence-electron chi connectivity index (χ4n) is 7.35.